The summed E-state index contributed by atoms with van der Waals surface area (Å²) in [4.78, 5) is -0.175. The van der Waals surface area contributed by atoms with Gasteiger partial charge in [-0.1, -0.05) is 45.6 Å². The SMILES string of the molecule is CC(C)c1coc([C@H](Nc2no[n+]([O-])c2Nc2cccc(S(=O)(=O)N(C)C)c2O)C(C)(C)C)c1. The van der Waals surface area contributed by atoms with Gasteiger partial charge in [0.2, 0.25) is 10.0 Å². The zero-order valence-electron chi connectivity index (χ0n) is 20.3. The van der Waals surface area contributed by atoms with Crippen molar-refractivity contribution in [1.29, 1.82) is 0 Å². The first-order valence-electron chi connectivity index (χ1n) is 10.7. The average molecular weight is 494 g/mol. The van der Waals surface area contributed by atoms with Gasteiger partial charge in [-0.2, -0.15) is 0 Å². The quantitative estimate of drug-likeness (QED) is 0.313. The molecule has 12 heteroatoms. The lowest BCUT2D eigenvalue weighted by Gasteiger charge is -2.29. The number of sulfonamides is 1. The highest BCUT2D eigenvalue weighted by molar-refractivity contribution is 7.89. The van der Waals surface area contributed by atoms with Gasteiger partial charge in [-0.15, -0.1) is 0 Å². The van der Waals surface area contributed by atoms with Gasteiger partial charge in [-0.3, -0.25) is 5.32 Å². The number of anilines is 3. The van der Waals surface area contributed by atoms with Gasteiger partial charge in [0, 0.05) is 14.1 Å². The largest absolute Gasteiger partial charge is 0.503 e. The number of aromatic nitrogens is 2. The van der Waals surface area contributed by atoms with Crippen molar-refractivity contribution in [2.75, 3.05) is 24.7 Å². The van der Waals surface area contributed by atoms with Crippen LogP contribution in [0.4, 0.5) is 17.3 Å². The number of aromatic hydroxyl groups is 1. The molecule has 0 aliphatic rings. The number of hydrogen-bond donors (Lipinski definition) is 3. The van der Waals surface area contributed by atoms with E-state index in [4.69, 9.17) is 9.05 Å². The molecule has 3 rings (SSSR count). The van der Waals surface area contributed by atoms with Gasteiger partial charge in [0.25, 0.3) is 5.82 Å². The number of nitrogens with one attached hydrogen (secondary N) is 2. The summed E-state index contributed by atoms with van der Waals surface area (Å²) >= 11 is 0. The zero-order valence-corrected chi connectivity index (χ0v) is 21.1. The summed E-state index contributed by atoms with van der Waals surface area (Å²) in [5.74, 6) is 0.310. The number of benzene rings is 1. The summed E-state index contributed by atoms with van der Waals surface area (Å²) in [7, 11) is -1.21. The Kier molecular flexibility index (Phi) is 6.85. The second-order valence-electron chi connectivity index (χ2n) is 9.57. The highest BCUT2D eigenvalue weighted by Crippen LogP contribution is 2.39. The Morgan fingerprint density at radius 2 is 1.91 bits per heavy atom. The first-order chi connectivity index (χ1) is 15.7. The molecule has 0 bridgehead atoms. The van der Waals surface area contributed by atoms with E-state index in [1.165, 1.54) is 32.3 Å². The van der Waals surface area contributed by atoms with Crippen LogP contribution in [0.3, 0.4) is 0 Å². The molecule has 186 valence electrons. The van der Waals surface area contributed by atoms with Crippen LogP contribution >= 0.6 is 0 Å². The highest BCUT2D eigenvalue weighted by Gasteiger charge is 2.34. The molecule has 0 amide bonds. The van der Waals surface area contributed by atoms with Gasteiger partial charge < -0.3 is 24.7 Å². The topological polar surface area (TPSA) is 148 Å². The molecule has 11 nitrogen and oxygen atoms in total. The van der Waals surface area contributed by atoms with Gasteiger partial charge in [-0.05, 0) is 40.3 Å². The van der Waals surface area contributed by atoms with E-state index in [1.54, 1.807) is 6.26 Å². The predicted octanol–water partition coefficient (Wildman–Crippen LogP) is 3.92. The van der Waals surface area contributed by atoms with Crippen LogP contribution in [-0.4, -0.2) is 37.1 Å². The van der Waals surface area contributed by atoms with Crippen LogP contribution in [-0.2, 0) is 10.0 Å². The number of nitrogens with zero attached hydrogens (tertiary/aromatic N) is 3. The monoisotopic (exact) mass is 493 g/mol. The Bertz CT molecular complexity index is 1260. The highest BCUT2D eigenvalue weighted by atomic mass is 32.2. The molecule has 34 heavy (non-hydrogen) atoms. The fourth-order valence-corrected chi connectivity index (χ4v) is 4.28. The molecule has 0 fully saturated rings. The molecule has 0 aliphatic carbocycles. The van der Waals surface area contributed by atoms with Gasteiger partial charge >= 0.3 is 5.82 Å². The molecule has 0 saturated carbocycles. The summed E-state index contributed by atoms with van der Waals surface area (Å²) in [5.41, 5.74) is 0.677. The molecular formula is C22H31N5O6S. The van der Waals surface area contributed by atoms with E-state index in [0.29, 0.717) is 5.76 Å². The molecule has 1 atom stereocenters. The van der Waals surface area contributed by atoms with Crippen LogP contribution < -0.4 is 15.5 Å². The van der Waals surface area contributed by atoms with Crippen LogP contribution in [0.2, 0.25) is 0 Å². The van der Waals surface area contributed by atoms with Crippen LogP contribution in [0.5, 0.6) is 5.75 Å². The summed E-state index contributed by atoms with van der Waals surface area (Å²) in [6.07, 6.45) is 1.70. The van der Waals surface area contributed by atoms with Crippen molar-refractivity contribution in [3.63, 3.8) is 0 Å². The van der Waals surface area contributed by atoms with Crippen molar-refractivity contribution < 1.29 is 27.5 Å². The Morgan fingerprint density at radius 3 is 2.47 bits per heavy atom. The lowest BCUT2D eigenvalue weighted by Crippen LogP contribution is -2.29. The third kappa shape index (κ3) is 4.97. The molecule has 0 saturated heterocycles. The Balaban J connectivity index is 1.98. The number of hydrogen-bond acceptors (Lipinski definition) is 9. The predicted molar refractivity (Wildman–Crippen MR) is 126 cm³/mol. The number of para-hydroxylation sites is 1. The lowest BCUT2D eigenvalue weighted by molar-refractivity contribution is -0.790. The number of phenolic OH excluding ortho intramolecular Hbond substituents is 1. The van der Waals surface area contributed by atoms with E-state index >= 15 is 0 Å². The van der Waals surface area contributed by atoms with Crippen molar-refractivity contribution in [1.82, 2.24) is 9.46 Å². The minimum atomic E-state index is -3.92. The average Bonchev–Trinajstić information content (AvgIpc) is 3.34. The maximum atomic E-state index is 12.5. The van der Waals surface area contributed by atoms with E-state index in [9.17, 15) is 18.7 Å². The van der Waals surface area contributed by atoms with Crippen molar-refractivity contribution in [2.45, 2.75) is 51.5 Å². The smallest absolute Gasteiger partial charge is 0.324 e. The van der Waals surface area contributed by atoms with E-state index in [2.05, 4.69) is 29.6 Å². The fourth-order valence-electron chi connectivity index (χ4n) is 3.28. The normalized spacial score (nSPS) is 13.4. The standard InChI is InChI=1S/C22H31N5O6S/c1-13(2)14-11-16(32-12-14)19(22(3,4)5)24-20-21(27(29)33-25-20)23-15-9-8-10-17(18(15)28)34(30,31)26(6)7/h8-13,19,23,28H,1-7H3,(H,24,25)/t19-/m0/s1. The summed E-state index contributed by atoms with van der Waals surface area (Å²) in [6, 6.07) is 5.71. The van der Waals surface area contributed by atoms with Crippen LogP contribution in [0, 0.1) is 10.6 Å². The fraction of sp³-hybridized carbons (Fsp3) is 0.455. The van der Waals surface area contributed by atoms with Crippen molar-refractivity contribution in [3.05, 3.63) is 47.1 Å². The van der Waals surface area contributed by atoms with Crippen LogP contribution in [0.15, 0.2) is 44.5 Å². The minimum absolute atomic E-state index is 0.00817. The molecule has 3 N–H and O–H groups in total. The van der Waals surface area contributed by atoms with Gasteiger partial charge in [-0.25, -0.2) is 12.7 Å². The first-order valence-corrected chi connectivity index (χ1v) is 12.1. The number of rotatable bonds is 8. The molecule has 0 aliphatic heterocycles. The van der Waals surface area contributed by atoms with Crippen LogP contribution in [0.1, 0.15) is 57.9 Å². The summed E-state index contributed by atoms with van der Waals surface area (Å²) in [5, 5.41) is 32.7. The maximum absolute atomic E-state index is 12.5. The second-order valence-corrected chi connectivity index (χ2v) is 11.7. The summed E-state index contributed by atoms with van der Waals surface area (Å²) < 4.78 is 36.6. The maximum Gasteiger partial charge on any atom is 0.324 e. The molecule has 0 radical (unpaired) electrons. The molecule has 0 spiro atoms. The van der Waals surface area contributed by atoms with Crippen molar-refractivity contribution >= 4 is 27.3 Å². The Labute approximate surface area is 198 Å². The molecule has 3 aromatic rings. The number of phenols is 1. The van der Waals surface area contributed by atoms with Crippen molar-refractivity contribution in [3.8, 4) is 5.75 Å². The van der Waals surface area contributed by atoms with Gasteiger partial charge in [0.15, 0.2) is 5.75 Å². The lowest BCUT2D eigenvalue weighted by atomic mass is 9.85. The molecular weight excluding hydrogens is 462 g/mol. The molecule has 2 aromatic heterocycles. The number of furan rings is 1. The minimum Gasteiger partial charge on any atom is -0.503 e. The Hall–Kier alpha value is -3.25. The zero-order chi connectivity index (χ0) is 25.4. The first kappa shape index (κ1) is 25.4. The molecule has 2 heterocycles. The van der Waals surface area contributed by atoms with Crippen molar-refractivity contribution in [2.24, 2.45) is 5.41 Å². The van der Waals surface area contributed by atoms with Gasteiger partial charge in [0.1, 0.15) is 16.3 Å². The Morgan fingerprint density at radius 1 is 1.24 bits per heavy atom. The molecule has 0 unspecified atom stereocenters. The van der Waals surface area contributed by atoms with E-state index in [1.807, 2.05) is 26.8 Å². The second kappa shape index (κ2) is 9.18. The third-order valence-corrected chi connectivity index (χ3v) is 7.21. The molecule has 1 aromatic carbocycles. The van der Waals surface area contributed by atoms with Crippen LogP contribution in [0.25, 0.3) is 0 Å². The van der Waals surface area contributed by atoms with Gasteiger partial charge in [0.05, 0.1) is 12.3 Å². The van der Waals surface area contributed by atoms with E-state index in [-0.39, 0.29) is 44.5 Å². The van der Waals surface area contributed by atoms with E-state index < -0.39 is 15.8 Å². The third-order valence-electron chi connectivity index (χ3n) is 5.36. The summed E-state index contributed by atoms with van der Waals surface area (Å²) in [6.45, 7) is 10.1. The van der Waals surface area contributed by atoms with E-state index in [0.717, 1.165) is 9.87 Å².